The second-order valence-electron chi connectivity index (χ2n) is 10.1. The summed E-state index contributed by atoms with van der Waals surface area (Å²) in [6.45, 7) is 12.7. The Morgan fingerprint density at radius 2 is 2.05 bits per heavy atom. The van der Waals surface area contributed by atoms with E-state index >= 15 is 0 Å². The first-order valence-corrected chi connectivity index (χ1v) is 13.8. The molecule has 0 spiro atoms. The second kappa shape index (κ2) is 12.3. The smallest absolute Gasteiger partial charge is 0.366 e. The zero-order valence-corrected chi connectivity index (χ0v) is 24.3. The number of nitrogens with one attached hydrogen (secondary N) is 2. The van der Waals surface area contributed by atoms with E-state index in [1.807, 2.05) is 49.3 Å². The van der Waals surface area contributed by atoms with Crippen LogP contribution in [0.1, 0.15) is 37.3 Å². The van der Waals surface area contributed by atoms with Crippen molar-refractivity contribution in [3.05, 3.63) is 66.9 Å². The summed E-state index contributed by atoms with van der Waals surface area (Å²) in [6, 6.07) is 7.95. The number of benzene rings is 1. The van der Waals surface area contributed by atoms with Crippen LogP contribution in [-0.4, -0.2) is 64.5 Å². The summed E-state index contributed by atoms with van der Waals surface area (Å²) in [6.07, 6.45) is 10.0. The molecule has 0 fully saturated rings. The predicted molar refractivity (Wildman–Crippen MR) is 164 cm³/mol. The summed E-state index contributed by atoms with van der Waals surface area (Å²) in [5.74, 6) is 3.66. The Balaban J connectivity index is 1.44. The maximum absolute atomic E-state index is 6.26. The molecule has 0 saturated carbocycles. The minimum atomic E-state index is 0.352. The van der Waals surface area contributed by atoms with Crippen LogP contribution in [0.15, 0.2) is 55.8 Å². The molecule has 0 bridgehead atoms. The van der Waals surface area contributed by atoms with Crippen LogP contribution >= 0.6 is 0 Å². The molecule has 10 nitrogen and oxygen atoms in total. The number of rotatable bonds is 10. The number of pyridine rings is 2. The molecule has 0 aliphatic carbocycles. The van der Waals surface area contributed by atoms with Crippen LogP contribution in [-0.2, 0) is 0 Å². The first-order valence-electron chi connectivity index (χ1n) is 13.8. The molecule has 4 heterocycles. The van der Waals surface area contributed by atoms with Crippen molar-refractivity contribution in [1.82, 2.24) is 25.3 Å². The summed E-state index contributed by atoms with van der Waals surface area (Å²) >= 11 is 0. The number of anilines is 3. The predicted octanol–water partition coefficient (Wildman–Crippen LogP) is 5.68. The molecule has 1 unspecified atom stereocenters. The van der Waals surface area contributed by atoms with Gasteiger partial charge in [0.05, 0.1) is 37.1 Å². The van der Waals surface area contributed by atoms with Gasteiger partial charge >= 0.3 is 5.82 Å². The molecule has 1 aliphatic heterocycles. The largest absolute Gasteiger partial charge is 0.489 e. The molecular weight excluding hydrogens is 516 g/mol. The second-order valence-corrected chi connectivity index (χ2v) is 10.1. The Morgan fingerprint density at radius 1 is 1.20 bits per heavy atom. The van der Waals surface area contributed by atoms with Gasteiger partial charge in [0.25, 0.3) is 0 Å². The number of aromatic nitrogens is 4. The van der Waals surface area contributed by atoms with Crippen molar-refractivity contribution in [1.29, 1.82) is 0 Å². The highest BCUT2D eigenvalue weighted by molar-refractivity contribution is 5.97. The quantitative estimate of drug-likeness (QED) is 0.240. The molecule has 41 heavy (non-hydrogen) atoms. The summed E-state index contributed by atoms with van der Waals surface area (Å²) in [5, 5.41) is 7.56. The molecule has 4 aromatic rings. The van der Waals surface area contributed by atoms with Crippen LogP contribution in [0, 0.1) is 6.92 Å². The van der Waals surface area contributed by atoms with Crippen molar-refractivity contribution < 1.29 is 14.0 Å². The lowest BCUT2D eigenvalue weighted by Crippen LogP contribution is -2.33. The summed E-state index contributed by atoms with van der Waals surface area (Å²) in [5.41, 5.74) is 4.72. The lowest BCUT2D eigenvalue weighted by molar-refractivity contribution is -0.443. The van der Waals surface area contributed by atoms with E-state index in [9.17, 15) is 0 Å². The lowest BCUT2D eigenvalue weighted by Gasteiger charge is -2.22. The zero-order chi connectivity index (χ0) is 28.9. The fourth-order valence-electron chi connectivity index (χ4n) is 4.86. The first-order chi connectivity index (χ1) is 19.9. The van der Waals surface area contributed by atoms with Gasteiger partial charge in [0.2, 0.25) is 11.6 Å². The number of ether oxygens (including phenoxy) is 2. The van der Waals surface area contributed by atoms with Crippen molar-refractivity contribution >= 4 is 40.1 Å². The first kappa shape index (κ1) is 28.0. The normalized spacial score (nSPS) is 13.8. The number of nitrogens with zero attached hydrogens (tertiary/aromatic N) is 6. The maximum atomic E-state index is 6.26. The van der Waals surface area contributed by atoms with Gasteiger partial charge in [-0.2, -0.15) is 0 Å². The topological polar surface area (TPSA) is 100 Å². The lowest BCUT2D eigenvalue weighted by atomic mass is 9.97. The fourth-order valence-corrected chi connectivity index (χ4v) is 4.86. The molecule has 1 aromatic carbocycles. The van der Waals surface area contributed by atoms with E-state index in [0.717, 1.165) is 59.9 Å². The van der Waals surface area contributed by atoms with Crippen molar-refractivity contribution in [3.8, 4) is 17.4 Å². The molecule has 2 N–H and O–H groups in total. The minimum absolute atomic E-state index is 0.352. The molecule has 1 aliphatic rings. The molecule has 212 valence electrons. The van der Waals surface area contributed by atoms with Gasteiger partial charge in [0.15, 0.2) is 6.20 Å². The highest BCUT2D eigenvalue weighted by Gasteiger charge is 2.25. The van der Waals surface area contributed by atoms with Gasteiger partial charge in [-0.25, -0.2) is 19.5 Å². The number of fused-ring (bicyclic) bond motifs is 1. The van der Waals surface area contributed by atoms with Crippen molar-refractivity contribution in [3.63, 3.8) is 0 Å². The Kier molecular flexibility index (Phi) is 8.39. The summed E-state index contributed by atoms with van der Waals surface area (Å²) in [7, 11) is 3.63. The van der Waals surface area contributed by atoms with Crippen LogP contribution < -0.4 is 25.0 Å². The van der Waals surface area contributed by atoms with Crippen molar-refractivity contribution in [2.75, 3.05) is 44.0 Å². The van der Waals surface area contributed by atoms with E-state index in [1.165, 1.54) is 11.9 Å². The molecule has 3 aromatic heterocycles. The standard InChI is InChI=1S/C31H37N8O2/c1-7-20(3)23-16-27(33-18-25(23)38(5)8-2)41-26-10-9-22(15-21(26)4)37-30-28-24(35-19-36-30)17-34-31(29(28)40-6)39-13-11-32-12-14-39/h8-10,13,15-20,32H,2,7,11-12,14H2,1,3-6H3,(H,35,36,37)/q+1. The molecular formula is C31H37N8O2+. The Bertz CT molecular complexity index is 1600. The molecule has 0 saturated heterocycles. The van der Waals surface area contributed by atoms with Crippen LogP contribution in [0.5, 0.6) is 17.4 Å². The number of hydrogen-bond acceptors (Lipinski definition) is 9. The monoisotopic (exact) mass is 553 g/mol. The Morgan fingerprint density at radius 3 is 2.76 bits per heavy atom. The van der Waals surface area contributed by atoms with Gasteiger partial charge in [-0.15, -0.1) is 0 Å². The molecule has 0 radical (unpaired) electrons. The summed E-state index contributed by atoms with van der Waals surface area (Å²) < 4.78 is 14.2. The van der Waals surface area contributed by atoms with Crippen molar-refractivity contribution in [2.24, 2.45) is 0 Å². The van der Waals surface area contributed by atoms with Gasteiger partial charge in [-0.05, 0) is 59.8 Å². The van der Waals surface area contributed by atoms with Crippen LogP contribution in [0.25, 0.3) is 10.9 Å². The third kappa shape index (κ3) is 5.83. The van der Waals surface area contributed by atoms with Gasteiger partial charge in [0, 0.05) is 25.3 Å². The summed E-state index contributed by atoms with van der Waals surface area (Å²) in [4.78, 5) is 20.2. The fraction of sp³-hybridized carbons (Fsp3) is 0.323. The Hall–Kier alpha value is -4.57. The molecule has 10 heteroatoms. The third-order valence-corrected chi connectivity index (χ3v) is 7.42. The van der Waals surface area contributed by atoms with Gasteiger partial charge in [-0.1, -0.05) is 20.4 Å². The van der Waals surface area contributed by atoms with Gasteiger partial charge in [0.1, 0.15) is 30.0 Å². The van der Waals surface area contributed by atoms with Crippen molar-refractivity contribution in [2.45, 2.75) is 33.1 Å². The zero-order valence-electron chi connectivity index (χ0n) is 24.3. The maximum Gasteiger partial charge on any atom is 0.366 e. The highest BCUT2D eigenvalue weighted by atomic mass is 16.5. The van der Waals surface area contributed by atoms with Crippen LogP contribution in [0.4, 0.5) is 23.0 Å². The number of aryl methyl sites for hydroxylation is 1. The highest BCUT2D eigenvalue weighted by Crippen LogP contribution is 2.38. The average molecular weight is 554 g/mol. The molecule has 1 atom stereocenters. The van der Waals surface area contributed by atoms with E-state index in [0.29, 0.717) is 28.9 Å². The van der Waals surface area contributed by atoms with E-state index in [2.05, 4.69) is 61.8 Å². The van der Waals surface area contributed by atoms with Gasteiger partial charge in [-0.3, -0.25) is 0 Å². The van der Waals surface area contributed by atoms with Crippen LogP contribution in [0.3, 0.4) is 0 Å². The minimum Gasteiger partial charge on any atom is -0.489 e. The van der Waals surface area contributed by atoms with E-state index < -0.39 is 0 Å². The van der Waals surface area contributed by atoms with E-state index in [-0.39, 0.29) is 0 Å². The Labute approximate surface area is 240 Å². The van der Waals surface area contributed by atoms with E-state index in [1.54, 1.807) is 19.5 Å². The van der Waals surface area contributed by atoms with E-state index in [4.69, 9.17) is 9.47 Å². The average Bonchev–Trinajstić information content (AvgIpc) is 3.01. The molecule has 5 rings (SSSR count). The van der Waals surface area contributed by atoms with Gasteiger partial charge < -0.3 is 25.0 Å². The molecule has 0 amide bonds. The van der Waals surface area contributed by atoms with Crippen LogP contribution in [0.2, 0.25) is 0 Å². The number of methoxy groups -OCH3 is 1. The third-order valence-electron chi connectivity index (χ3n) is 7.42. The number of hydrogen-bond donors (Lipinski definition) is 2. The SMILES string of the molecule is C=CN(C)c1cnc(Oc2ccc(Nc3ncnc4cnc([N+]5=CCNCC5)c(OC)c34)cc2C)cc1C(C)CC.